The summed E-state index contributed by atoms with van der Waals surface area (Å²) >= 11 is 0. The van der Waals surface area contributed by atoms with Crippen LogP contribution in [0.5, 0.6) is 0 Å². The largest absolute Gasteiger partial charge is 0.313 e. The maximum absolute atomic E-state index is 11.5. The van der Waals surface area contributed by atoms with Crippen molar-refractivity contribution in [1.82, 2.24) is 14.5 Å². The predicted octanol–water partition coefficient (Wildman–Crippen LogP) is 1.43. The summed E-state index contributed by atoms with van der Waals surface area (Å²) in [7, 11) is -2.82. The van der Waals surface area contributed by atoms with Gasteiger partial charge in [-0.3, -0.25) is 0 Å². The first-order valence-corrected chi connectivity index (χ1v) is 8.42. The zero-order chi connectivity index (χ0) is 13.5. The Morgan fingerprint density at radius 3 is 3.00 bits per heavy atom. The van der Waals surface area contributed by atoms with Gasteiger partial charge in [0.15, 0.2) is 15.5 Å². The molecule has 0 saturated carbocycles. The number of aryl methyl sites for hydroxylation is 1. The molecular weight excluding hydrogens is 262 g/mol. The van der Waals surface area contributed by atoms with Crippen LogP contribution in [0, 0.1) is 5.92 Å². The standard InChI is InChI=1S/C13H17N3O2S/c1-2-16-12(8-10-5-7-19(17,18)9-10)15-11-4-3-6-14-13(11)16/h3-4,6,10H,2,5,7-9H2,1H3. The summed E-state index contributed by atoms with van der Waals surface area (Å²) in [4.78, 5) is 8.96. The summed E-state index contributed by atoms with van der Waals surface area (Å²) in [5, 5.41) is 0. The van der Waals surface area contributed by atoms with Crippen LogP contribution in [0.2, 0.25) is 0 Å². The van der Waals surface area contributed by atoms with Crippen molar-refractivity contribution in [3.8, 4) is 0 Å². The van der Waals surface area contributed by atoms with Crippen LogP contribution in [0.4, 0.5) is 0 Å². The molecule has 1 aliphatic heterocycles. The fraction of sp³-hybridized carbons (Fsp3) is 0.538. The molecule has 0 spiro atoms. The number of sulfone groups is 1. The highest BCUT2D eigenvalue weighted by Gasteiger charge is 2.29. The van der Waals surface area contributed by atoms with Gasteiger partial charge in [-0.2, -0.15) is 0 Å². The minimum absolute atomic E-state index is 0.201. The summed E-state index contributed by atoms with van der Waals surface area (Å²) in [6.07, 6.45) is 3.24. The van der Waals surface area contributed by atoms with Crippen molar-refractivity contribution in [3.63, 3.8) is 0 Å². The third-order valence-corrected chi connectivity index (χ3v) is 5.53. The van der Waals surface area contributed by atoms with Crippen LogP contribution in [0.1, 0.15) is 19.2 Å². The van der Waals surface area contributed by atoms with Crippen LogP contribution in [-0.2, 0) is 22.8 Å². The van der Waals surface area contributed by atoms with E-state index >= 15 is 0 Å². The first kappa shape index (κ1) is 12.6. The fourth-order valence-electron chi connectivity index (χ4n) is 2.78. The van der Waals surface area contributed by atoms with Crippen molar-refractivity contribution in [2.24, 2.45) is 5.92 Å². The number of rotatable bonds is 3. The van der Waals surface area contributed by atoms with Gasteiger partial charge in [-0.15, -0.1) is 0 Å². The topological polar surface area (TPSA) is 64.8 Å². The van der Waals surface area contributed by atoms with Crippen molar-refractivity contribution >= 4 is 21.0 Å². The second-order valence-corrected chi connectivity index (χ2v) is 7.32. The lowest BCUT2D eigenvalue weighted by molar-refractivity contribution is 0.550. The third-order valence-electron chi connectivity index (χ3n) is 3.70. The molecule has 1 unspecified atom stereocenters. The lowest BCUT2D eigenvalue weighted by Gasteiger charge is -2.09. The lowest BCUT2D eigenvalue weighted by Crippen LogP contribution is -2.11. The van der Waals surface area contributed by atoms with E-state index in [2.05, 4.69) is 21.5 Å². The van der Waals surface area contributed by atoms with Gasteiger partial charge in [0.2, 0.25) is 0 Å². The lowest BCUT2D eigenvalue weighted by atomic mass is 10.1. The van der Waals surface area contributed by atoms with E-state index in [0.717, 1.165) is 36.4 Å². The van der Waals surface area contributed by atoms with Gasteiger partial charge < -0.3 is 4.57 Å². The van der Waals surface area contributed by atoms with Gasteiger partial charge in [-0.05, 0) is 31.4 Å². The summed E-state index contributed by atoms with van der Waals surface area (Å²) in [6, 6.07) is 3.82. The molecule has 3 rings (SSSR count). The molecule has 0 aliphatic carbocycles. The van der Waals surface area contributed by atoms with Crippen molar-refractivity contribution in [1.29, 1.82) is 0 Å². The number of pyridine rings is 1. The number of imidazole rings is 1. The van der Waals surface area contributed by atoms with E-state index in [9.17, 15) is 8.42 Å². The molecule has 0 radical (unpaired) electrons. The maximum atomic E-state index is 11.5. The highest BCUT2D eigenvalue weighted by atomic mass is 32.2. The molecule has 5 nitrogen and oxygen atoms in total. The van der Waals surface area contributed by atoms with Crippen LogP contribution >= 0.6 is 0 Å². The van der Waals surface area contributed by atoms with Crippen molar-refractivity contribution in [2.75, 3.05) is 11.5 Å². The number of hydrogen-bond acceptors (Lipinski definition) is 4. The third kappa shape index (κ3) is 2.36. The molecule has 1 fully saturated rings. The number of aromatic nitrogens is 3. The van der Waals surface area contributed by atoms with Crippen LogP contribution < -0.4 is 0 Å². The second kappa shape index (κ2) is 4.59. The fourth-order valence-corrected chi connectivity index (χ4v) is 4.65. The highest BCUT2D eigenvalue weighted by molar-refractivity contribution is 7.91. The summed E-state index contributed by atoms with van der Waals surface area (Å²) in [5.74, 6) is 1.78. The van der Waals surface area contributed by atoms with Gasteiger partial charge in [0.05, 0.1) is 11.5 Å². The van der Waals surface area contributed by atoms with Gasteiger partial charge >= 0.3 is 0 Å². The Morgan fingerprint density at radius 2 is 2.32 bits per heavy atom. The van der Waals surface area contributed by atoms with E-state index in [1.165, 1.54) is 0 Å². The van der Waals surface area contributed by atoms with Crippen LogP contribution in [-0.4, -0.2) is 34.5 Å². The molecule has 2 aromatic rings. The normalized spacial score (nSPS) is 22.1. The van der Waals surface area contributed by atoms with E-state index in [0.29, 0.717) is 11.5 Å². The molecule has 0 aromatic carbocycles. The van der Waals surface area contributed by atoms with Gasteiger partial charge in [-0.25, -0.2) is 18.4 Å². The molecule has 0 N–H and O–H groups in total. The Labute approximate surface area is 112 Å². The Kier molecular flexibility index (Phi) is 3.05. The maximum Gasteiger partial charge on any atom is 0.159 e. The molecule has 2 aromatic heterocycles. The number of hydrogen-bond donors (Lipinski definition) is 0. The first-order valence-electron chi connectivity index (χ1n) is 6.59. The summed E-state index contributed by atoms with van der Waals surface area (Å²) in [5.41, 5.74) is 1.78. The molecule has 1 saturated heterocycles. The average Bonchev–Trinajstić information content (AvgIpc) is 2.89. The second-order valence-electron chi connectivity index (χ2n) is 5.09. The molecular formula is C13H17N3O2S. The van der Waals surface area contributed by atoms with E-state index in [4.69, 9.17) is 0 Å². The molecule has 19 heavy (non-hydrogen) atoms. The Balaban J connectivity index is 1.93. The summed E-state index contributed by atoms with van der Waals surface area (Å²) in [6.45, 7) is 2.87. The predicted molar refractivity (Wildman–Crippen MR) is 73.7 cm³/mol. The number of fused-ring (bicyclic) bond motifs is 1. The van der Waals surface area contributed by atoms with Gasteiger partial charge in [0.1, 0.15) is 11.3 Å². The zero-order valence-electron chi connectivity index (χ0n) is 10.9. The molecule has 102 valence electrons. The Hall–Kier alpha value is -1.43. The molecule has 0 amide bonds. The van der Waals surface area contributed by atoms with Crippen LogP contribution in [0.3, 0.4) is 0 Å². The molecule has 6 heteroatoms. The summed E-state index contributed by atoms with van der Waals surface area (Å²) < 4.78 is 25.1. The monoisotopic (exact) mass is 279 g/mol. The minimum atomic E-state index is -2.82. The smallest absolute Gasteiger partial charge is 0.159 e. The van der Waals surface area contributed by atoms with Gasteiger partial charge in [0.25, 0.3) is 0 Å². The Morgan fingerprint density at radius 1 is 1.47 bits per heavy atom. The van der Waals surface area contributed by atoms with Gasteiger partial charge in [0, 0.05) is 19.2 Å². The van der Waals surface area contributed by atoms with Crippen molar-refractivity contribution in [3.05, 3.63) is 24.2 Å². The van der Waals surface area contributed by atoms with E-state index in [1.54, 1.807) is 6.20 Å². The molecule has 1 aliphatic rings. The zero-order valence-corrected chi connectivity index (χ0v) is 11.7. The Bertz CT molecular complexity index is 706. The number of nitrogens with zero attached hydrogens (tertiary/aromatic N) is 3. The molecule has 3 heterocycles. The van der Waals surface area contributed by atoms with Crippen molar-refractivity contribution in [2.45, 2.75) is 26.3 Å². The average molecular weight is 279 g/mol. The van der Waals surface area contributed by atoms with Crippen LogP contribution in [0.15, 0.2) is 18.3 Å². The SMILES string of the molecule is CCn1c(CC2CCS(=O)(=O)C2)nc2cccnc21. The first-order chi connectivity index (χ1) is 9.09. The van der Waals surface area contributed by atoms with Crippen LogP contribution in [0.25, 0.3) is 11.2 Å². The minimum Gasteiger partial charge on any atom is -0.313 e. The van der Waals surface area contributed by atoms with Crippen molar-refractivity contribution < 1.29 is 8.42 Å². The van der Waals surface area contributed by atoms with E-state index in [1.807, 2.05) is 12.1 Å². The molecule has 0 bridgehead atoms. The molecule has 1 atom stereocenters. The highest BCUT2D eigenvalue weighted by Crippen LogP contribution is 2.24. The quantitative estimate of drug-likeness (QED) is 0.852. The van der Waals surface area contributed by atoms with E-state index < -0.39 is 9.84 Å². The van der Waals surface area contributed by atoms with E-state index in [-0.39, 0.29) is 5.92 Å². The van der Waals surface area contributed by atoms with Gasteiger partial charge in [-0.1, -0.05) is 0 Å².